The smallest absolute Gasteiger partial charge is 0.270 e. The lowest BCUT2D eigenvalue weighted by Crippen LogP contribution is -2.49. The third-order valence-electron chi connectivity index (χ3n) is 6.47. The van der Waals surface area contributed by atoms with Crippen LogP contribution in [-0.4, -0.2) is 45.7 Å². The van der Waals surface area contributed by atoms with Crippen LogP contribution in [0.4, 0.5) is 10.1 Å². The summed E-state index contributed by atoms with van der Waals surface area (Å²) in [5.74, 6) is -1.00. The zero-order valence-electron chi connectivity index (χ0n) is 19.5. The summed E-state index contributed by atoms with van der Waals surface area (Å²) in [6, 6.07) is 13.1. The van der Waals surface area contributed by atoms with Gasteiger partial charge in [-0.05, 0) is 60.5 Å². The molecule has 9 heteroatoms. The molecule has 1 aliphatic rings. The molecule has 1 aliphatic heterocycles. The third kappa shape index (κ3) is 5.09. The molecule has 2 aromatic carbocycles. The number of nitro groups is 1. The molecule has 2 unspecified atom stereocenters. The number of nitro benzene ring substituents is 1. The van der Waals surface area contributed by atoms with Crippen LogP contribution >= 0.6 is 11.3 Å². The van der Waals surface area contributed by atoms with Crippen LogP contribution in [0.15, 0.2) is 60.0 Å². The topological polar surface area (TPSA) is 83.8 Å². The lowest BCUT2D eigenvalue weighted by molar-refractivity contribution is -0.384. The summed E-state index contributed by atoms with van der Waals surface area (Å²) in [5, 5.41) is 13.2. The highest BCUT2D eigenvalue weighted by atomic mass is 32.1. The van der Waals surface area contributed by atoms with Gasteiger partial charge in [-0.2, -0.15) is 0 Å². The van der Waals surface area contributed by atoms with E-state index in [4.69, 9.17) is 0 Å². The fraction of sp³-hybridized carbons (Fsp3) is 0.308. The monoisotopic (exact) mass is 495 g/mol. The standard InChI is InChI=1S/C26H26FN3O4S/c1-3-17(2)29(26(32)19-5-4-6-21(15-19)30(33)34)16-24(31)28-13-11-23-22(12-14-35-23)25(28)18-7-9-20(27)10-8-18/h4-10,12,14-15,17,25H,3,11,13,16H2,1-2H3. The number of carbonyl (C=O) groups is 2. The first-order chi connectivity index (χ1) is 16.8. The summed E-state index contributed by atoms with van der Waals surface area (Å²) in [6.45, 7) is 4.09. The van der Waals surface area contributed by atoms with Gasteiger partial charge in [-0.15, -0.1) is 11.3 Å². The number of halogens is 1. The van der Waals surface area contributed by atoms with Crippen molar-refractivity contribution < 1.29 is 18.9 Å². The van der Waals surface area contributed by atoms with Crippen LogP contribution in [0, 0.1) is 15.9 Å². The predicted molar refractivity (Wildman–Crippen MR) is 132 cm³/mol. The molecule has 1 aromatic heterocycles. The van der Waals surface area contributed by atoms with Gasteiger partial charge in [0.05, 0.1) is 11.0 Å². The van der Waals surface area contributed by atoms with E-state index in [1.165, 1.54) is 46.2 Å². The Morgan fingerprint density at radius 1 is 1.23 bits per heavy atom. The molecule has 0 radical (unpaired) electrons. The maximum atomic E-state index is 13.7. The van der Waals surface area contributed by atoms with E-state index in [2.05, 4.69) is 0 Å². The minimum atomic E-state index is -0.547. The van der Waals surface area contributed by atoms with Crippen molar-refractivity contribution in [2.24, 2.45) is 0 Å². The van der Waals surface area contributed by atoms with Gasteiger partial charge in [0.2, 0.25) is 5.91 Å². The Morgan fingerprint density at radius 3 is 2.66 bits per heavy atom. The van der Waals surface area contributed by atoms with Crippen LogP contribution in [0.1, 0.15) is 52.7 Å². The average molecular weight is 496 g/mol. The highest BCUT2D eigenvalue weighted by Crippen LogP contribution is 2.38. The molecule has 0 saturated heterocycles. The largest absolute Gasteiger partial charge is 0.330 e. The highest BCUT2D eigenvalue weighted by molar-refractivity contribution is 7.10. The molecule has 0 saturated carbocycles. The van der Waals surface area contributed by atoms with Crippen LogP contribution in [0.25, 0.3) is 0 Å². The second kappa shape index (κ2) is 10.4. The van der Waals surface area contributed by atoms with Crippen molar-refractivity contribution in [3.05, 3.63) is 97.5 Å². The maximum Gasteiger partial charge on any atom is 0.270 e. The number of amides is 2. The molecule has 2 heterocycles. The molecule has 2 atom stereocenters. The zero-order valence-corrected chi connectivity index (χ0v) is 20.3. The van der Waals surface area contributed by atoms with Gasteiger partial charge in [0.1, 0.15) is 12.4 Å². The number of rotatable bonds is 7. The second-order valence-electron chi connectivity index (χ2n) is 8.59. The molecule has 182 valence electrons. The van der Waals surface area contributed by atoms with Gasteiger partial charge in [0.25, 0.3) is 11.6 Å². The van der Waals surface area contributed by atoms with Crippen molar-refractivity contribution >= 4 is 28.8 Å². The van der Waals surface area contributed by atoms with Crippen molar-refractivity contribution in [2.75, 3.05) is 13.1 Å². The van der Waals surface area contributed by atoms with E-state index in [1.807, 2.05) is 25.3 Å². The number of nitrogens with zero attached hydrogens (tertiary/aromatic N) is 3. The predicted octanol–water partition coefficient (Wildman–Crippen LogP) is 5.21. The molecule has 35 heavy (non-hydrogen) atoms. The van der Waals surface area contributed by atoms with E-state index in [0.717, 1.165) is 11.1 Å². The Balaban J connectivity index is 1.64. The highest BCUT2D eigenvalue weighted by Gasteiger charge is 2.35. The van der Waals surface area contributed by atoms with Crippen LogP contribution in [0.3, 0.4) is 0 Å². The molecule has 7 nitrogen and oxygen atoms in total. The van der Waals surface area contributed by atoms with Gasteiger partial charge >= 0.3 is 0 Å². The fourth-order valence-corrected chi connectivity index (χ4v) is 5.30. The number of hydrogen-bond donors (Lipinski definition) is 0. The normalized spacial score (nSPS) is 15.9. The van der Waals surface area contributed by atoms with E-state index in [9.17, 15) is 24.1 Å². The molecule has 0 spiro atoms. The molecule has 0 aliphatic carbocycles. The second-order valence-corrected chi connectivity index (χ2v) is 9.59. The van der Waals surface area contributed by atoms with Gasteiger partial charge in [0, 0.05) is 35.2 Å². The summed E-state index contributed by atoms with van der Waals surface area (Å²) >= 11 is 1.64. The maximum absolute atomic E-state index is 13.7. The van der Waals surface area contributed by atoms with Gasteiger partial charge in [0.15, 0.2) is 0 Å². The lowest BCUT2D eigenvalue weighted by Gasteiger charge is -2.38. The Hall–Kier alpha value is -3.59. The summed E-state index contributed by atoms with van der Waals surface area (Å²) < 4.78 is 13.6. The van der Waals surface area contributed by atoms with E-state index in [0.29, 0.717) is 19.4 Å². The minimum absolute atomic E-state index is 0.159. The lowest BCUT2D eigenvalue weighted by atomic mass is 9.93. The molecule has 0 N–H and O–H groups in total. The first-order valence-electron chi connectivity index (χ1n) is 11.5. The number of thiophene rings is 1. The van der Waals surface area contributed by atoms with Crippen molar-refractivity contribution in [2.45, 2.75) is 38.8 Å². The van der Waals surface area contributed by atoms with Crippen molar-refractivity contribution in [1.82, 2.24) is 9.80 Å². The number of fused-ring (bicyclic) bond motifs is 1. The van der Waals surface area contributed by atoms with Gasteiger partial charge in [-0.25, -0.2) is 4.39 Å². The Kier molecular flexibility index (Phi) is 7.25. The van der Waals surface area contributed by atoms with Gasteiger partial charge < -0.3 is 9.80 Å². The summed E-state index contributed by atoms with van der Waals surface area (Å²) in [5.41, 5.74) is 1.81. The van der Waals surface area contributed by atoms with Crippen molar-refractivity contribution in [3.63, 3.8) is 0 Å². The quantitative estimate of drug-likeness (QED) is 0.333. The van der Waals surface area contributed by atoms with Gasteiger partial charge in [-0.1, -0.05) is 25.1 Å². The molecule has 3 aromatic rings. The van der Waals surface area contributed by atoms with E-state index >= 15 is 0 Å². The molecule has 0 fully saturated rings. The molecular weight excluding hydrogens is 469 g/mol. The van der Waals surface area contributed by atoms with E-state index < -0.39 is 10.8 Å². The Labute approximate surface area is 206 Å². The Morgan fingerprint density at radius 2 is 1.97 bits per heavy atom. The fourth-order valence-electron chi connectivity index (χ4n) is 4.39. The van der Waals surface area contributed by atoms with Crippen LogP contribution in [0.2, 0.25) is 0 Å². The molecule has 0 bridgehead atoms. The number of non-ortho nitro benzene ring substituents is 1. The van der Waals surface area contributed by atoms with E-state index in [1.54, 1.807) is 28.4 Å². The van der Waals surface area contributed by atoms with Crippen LogP contribution in [-0.2, 0) is 11.2 Å². The summed E-state index contributed by atoms with van der Waals surface area (Å²) in [6.07, 6.45) is 1.32. The van der Waals surface area contributed by atoms with Crippen LogP contribution < -0.4 is 0 Å². The van der Waals surface area contributed by atoms with Crippen molar-refractivity contribution in [1.29, 1.82) is 0 Å². The minimum Gasteiger partial charge on any atom is -0.330 e. The summed E-state index contributed by atoms with van der Waals surface area (Å²) in [4.78, 5) is 42.1. The number of benzene rings is 2. The van der Waals surface area contributed by atoms with E-state index in [-0.39, 0.29) is 41.6 Å². The molecular formula is C26H26FN3O4S. The zero-order chi connectivity index (χ0) is 25.1. The summed E-state index contributed by atoms with van der Waals surface area (Å²) in [7, 11) is 0. The third-order valence-corrected chi connectivity index (χ3v) is 7.46. The van der Waals surface area contributed by atoms with Gasteiger partial charge in [-0.3, -0.25) is 19.7 Å². The average Bonchev–Trinajstić information content (AvgIpc) is 3.35. The molecule has 2 amide bonds. The van der Waals surface area contributed by atoms with Crippen LogP contribution in [0.5, 0.6) is 0 Å². The van der Waals surface area contributed by atoms with Crippen molar-refractivity contribution in [3.8, 4) is 0 Å². The SMILES string of the molecule is CCC(C)N(CC(=O)N1CCc2sccc2C1c1ccc(F)cc1)C(=O)c1cccc([N+](=O)[O-])c1. The molecule has 4 rings (SSSR count). The first kappa shape index (κ1) is 24.5. The number of hydrogen-bond acceptors (Lipinski definition) is 5. The number of carbonyl (C=O) groups excluding carboxylic acids is 2. The first-order valence-corrected chi connectivity index (χ1v) is 12.3. The Bertz CT molecular complexity index is 1240.